The highest BCUT2D eigenvalue weighted by atomic mass is 16.1. The van der Waals surface area contributed by atoms with Gasteiger partial charge in [0.2, 0.25) is 5.82 Å². The van der Waals surface area contributed by atoms with E-state index in [0.29, 0.717) is 29.9 Å². The van der Waals surface area contributed by atoms with E-state index in [4.69, 9.17) is 11.1 Å². The maximum absolute atomic E-state index is 13.4. The zero-order chi connectivity index (χ0) is 23.4. The molecule has 8 nitrogen and oxygen atoms in total. The molecular weight excluding hydrogens is 414 g/mol. The Morgan fingerprint density at radius 2 is 1.85 bits per heavy atom. The molecule has 3 aromatic rings. The van der Waals surface area contributed by atoms with E-state index in [9.17, 15) is 4.79 Å². The molecule has 2 atom stereocenters. The molecule has 3 N–H and O–H groups in total. The Hall–Kier alpha value is -3.13. The van der Waals surface area contributed by atoms with Gasteiger partial charge in [0.15, 0.2) is 5.84 Å². The maximum atomic E-state index is 13.4. The molecule has 1 aliphatic rings. The number of likely N-dealkylation sites (tertiary alicyclic amines) is 1. The molecular formula is C25H33N7O. The Morgan fingerprint density at radius 3 is 2.61 bits per heavy atom. The van der Waals surface area contributed by atoms with E-state index in [1.54, 1.807) is 0 Å². The lowest BCUT2D eigenvalue weighted by atomic mass is 9.97. The molecule has 174 valence electrons. The monoisotopic (exact) mass is 447 g/mol. The fourth-order valence-electron chi connectivity index (χ4n) is 4.94. The van der Waals surface area contributed by atoms with Gasteiger partial charge in [-0.15, -0.1) is 5.10 Å². The van der Waals surface area contributed by atoms with Gasteiger partial charge in [0.25, 0.3) is 5.56 Å². The molecule has 0 radical (unpaired) electrons. The number of para-hydroxylation sites is 1. The summed E-state index contributed by atoms with van der Waals surface area (Å²) >= 11 is 0. The highest BCUT2D eigenvalue weighted by molar-refractivity contribution is 5.91. The number of amidine groups is 1. The van der Waals surface area contributed by atoms with Gasteiger partial charge in [0, 0.05) is 18.6 Å². The van der Waals surface area contributed by atoms with Crippen LogP contribution >= 0.6 is 0 Å². The summed E-state index contributed by atoms with van der Waals surface area (Å²) in [5.41, 5.74) is 7.15. The summed E-state index contributed by atoms with van der Waals surface area (Å²) < 4.78 is 1.84. The van der Waals surface area contributed by atoms with Crippen molar-refractivity contribution in [3.05, 3.63) is 52.7 Å². The molecule has 0 saturated carbocycles. The number of aromatic nitrogens is 4. The fraction of sp³-hybridized carbons (Fsp3) is 0.480. The molecule has 1 fully saturated rings. The number of nitrogens with two attached hydrogens (primary N) is 1. The number of fused-ring (bicyclic) bond motifs is 1. The first kappa shape index (κ1) is 23.0. The molecule has 0 aliphatic carbocycles. The van der Waals surface area contributed by atoms with E-state index in [-0.39, 0.29) is 17.2 Å². The van der Waals surface area contributed by atoms with Gasteiger partial charge in [-0.25, -0.2) is 4.98 Å². The number of nitrogens with one attached hydrogen (secondary N) is 1. The van der Waals surface area contributed by atoms with Crippen LogP contribution in [-0.2, 0) is 6.54 Å². The van der Waals surface area contributed by atoms with Crippen molar-refractivity contribution in [1.29, 1.82) is 5.41 Å². The number of unbranched alkanes of at least 4 members (excludes halogenated alkanes) is 2. The van der Waals surface area contributed by atoms with E-state index in [0.717, 1.165) is 36.7 Å². The normalized spacial score (nSPS) is 19.1. The van der Waals surface area contributed by atoms with Gasteiger partial charge in [0.1, 0.15) is 0 Å². The van der Waals surface area contributed by atoms with Crippen molar-refractivity contribution in [2.75, 3.05) is 6.54 Å². The number of nitrogens with zero attached hydrogens (tertiary/aromatic N) is 5. The number of hydrogen-bond acceptors (Lipinski definition) is 6. The topological polar surface area (TPSA) is 114 Å². The van der Waals surface area contributed by atoms with Crippen molar-refractivity contribution in [2.24, 2.45) is 5.73 Å². The fourth-order valence-corrected chi connectivity index (χ4v) is 4.94. The summed E-state index contributed by atoms with van der Waals surface area (Å²) in [6, 6.07) is 11.1. The van der Waals surface area contributed by atoms with Crippen LogP contribution in [0.4, 0.5) is 0 Å². The SMILES string of the molecule is C[C@@H]1CCC[C@H](C)N1CCCCCn1c(=O)c(-c2cnnc(C(=N)N)n2)cc2ccccc21. The number of aryl methyl sites for hydroxylation is 1. The van der Waals surface area contributed by atoms with Crippen LogP contribution in [0.3, 0.4) is 0 Å². The second-order valence-electron chi connectivity index (χ2n) is 9.08. The van der Waals surface area contributed by atoms with Gasteiger partial charge >= 0.3 is 0 Å². The molecule has 2 aromatic heterocycles. The van der Waals surface area contributed by atoms with Crippen LogP contribution in [0.15, 0.2) is 41.3 Å². The van der Waals surface area contributed by atoms with Gasteiger partial charge in [-0.2, -0.15) is 5.10 Å². The van der Waals surface area contributed by atoms with Crippen LogP contribution in [0.2, 0.25) is 0 Å². The molecule has 0 bridgehead atoms. The summed E-state index contributed by atoms with van der Waals surface area (Å²) in [5.74, 6) is -0.254. The Bertz CT molecular complexity index is 1180. The molecule has 33 heavy (non-hydrogen) atoms. The molecule has 0 amide bonds. The van der Waals surface area contributed by atoms with E-state index in [1.807, 2.05) is 34.9 Å². The molecule has 0 unspecified atom stereocenters. The number of benzene rings is 1. The van der Waals surface area contributed by atoms with Crippen LogP contribution in [0.1, 0.15) is 58.2 Å². The van der Waals surface area contributed by atoms with E-state index < -0.39 is 0 Å². The van der Waals surface area contributed by atoms with Gasteiger partial charge < -0.3 is 10.3 Å². The summed E-state index contributed by atoms with van der Waals surface area (Å²) in [6.45, 7) is 6.45. The summed E-state index contributed by atoms with van der Waals surface area (Å²) in [6.07, 6.45) is 8.52. The third kappa shape index (κ3) is 5.11. The number of hydrogen-bond donors (Lipinski definition) is 2. The van der Waals surface area contributed by atoms with Crippen LogP contribution in [-0.4, -0.2) is 49.1 Å². The predicted molar refractivity (Wildman–Crippen MR) is 131 cm³/mol. The second-order valence-corrected chi connectivity index (χ2v) is 9.08. The minimum atomic E-state index is -0.275. The Labute approximate surface area is 194 Å². The van der Waals surface area contributed by atoms with E-state index >= 15 is 0 Å². The number of nitrogen functional groups attached to an aromatic ring is 1. The average Bonchev–Trinajstić information content (AvgIpc) is 2.81. The summed E-state index contributed by atoms with van der Waals surface area (Å²) in [5, 5.41) is 16.2. The smallest absolute Gasteiger partial charge is 0.260 e. The minimum absolute atomic E-state index is 0.0211. The summed E-state index contributed by atoms with van der Waals surface area (Å²) in [7, 11) is 0. The zero-order valence-electron chi connectivity index (χ0n) is 19.5. The van der Waals surface area contributed by atoms with Crippen molar-refractivity contribution in [2.45, 2.75) is 71.0 Å². The molecule has 1 saturated heterocycles. The Balaban J connectivity index is 1.52. The first-order chi connectivity index (χ1) is 16.0. The van der Waals surface area contributed by atoms with Crippen LogP contribution in [0.5, 0.6) is 0 Å². The number of piperidine rings is 1. The van der Waals surface area contributed by atoms with Gasteiger partial charge in [0.05, 0.1) is 23.0 Å². The lowest BCUT2D eigenvalue weighted by Crippen LogP contribution is -2.44. The second kappa shape index (κ2) is 10.2. The number of rotatable bonds is 8. The lowest BCUT2D eigenvalue weighted by molar-refractivity contribution is 0.101. The standard InChI is InChI=1S/C25H33N7O/c1-17-9-8-10-18(2)31(17)13-6-3-7-14-32-22-12-5-4-11-19(22)15-20(25(32)33)21-16-28-30-24(29-21)23(26)27/h4-5,11-12,15-18H,3,6-10,13-14H2,1-2H3,(H3,26,27)/t17-,18+. The van der Waals surface area contributed by atoms with E-state index in [2.05, 4.69) is 33.9 Å². The van der Waals surface area contributed by atoms with Crippen molar-refractivity contribution < 1.29 is 0 Å². The molecule has 8 heteroatoms. The average molecular weight is 448 g/mol. The quantitative estimate of drug-likeness (QED) is 0.310. The third-order valence-electron chi connectivity index (χ3n) is 6.75. The third-order valence-corrected chi connectivity index (χ3v) is 6.75. The molecule has 1 aliphatic heterocycles. The van der Waals surface area contributed by atoms with Crippen molar-refractivity contribution >= 4 is 16.7 Å². The van der Waals surface area contributed by atoms with Crippen molar-refractivity contribution in [1.82, 2.24) is 24.6 Å². The predicted octanol–water partition coefficient (Wildman–Crippen LogP) is 3.57. The molecule has 0 spiro atoms. The van der Waals surface area contributed by atoms with Crippen LogP contribution in [0.25, 0.3) is 22.2 Å². The van der Waals surface area contributed by atoms with Crippen LogP contribution in [0, 0.1) is 5.41 Å². The molecule has 1 aromatic carbocycles. The van der Waals surface area contributed by atoms with E-state index in [1.165, 1.54) is 25.5 Å². The first-order valence-electron chi connectivity index (χ1n) is 11.9. The molecule has 3 heterocycles. The summed E-state index contributed by atoms with van der Waals surface area (Å²) in [4.78, 5) is 20.4. The first-order valence-corrected chi connectivity index (χ1v) is 11.9. The Kier molecular flexibility index (Phi) is 7.13. The van der Waals surface area contributed by atoms with Gasteiger partial charge in [-0.1, -0.05) is 31.0 Å². The zero-order valence-corrected chi connectivity index (χ0v) is 19.5. The number of pyridine rings is 1. The Morgan fingerprint density at radius 1 is 1.12 bits per heavy atom. The highest BCUT2D eigenvalue weighted by Gasteiger charge is 2.23. The maximum Gasteiger partial charge on any atom is 0.260 e. The largest absolute Gasteiger partial charge is 0.381 e. The lowest BCUT2D eigenvalue weighted by Gasteiger charge is -2.39. The minimum Gasteiger partial charge on any atom is -0.381 e. The van der Waals surface area contributed by atoms with Crippen molar-refractivity contribution in [3.63, 3.8) is 0 Å². The highest BCUT2D eigenvalue weighted by Crippen LogP contribution is 2.23. The van der Waals surface area contributed by atoms with Crippen molar-refractivity contribution in [3.8, 4) is 11.3 Å². The van der Waals surface area contributed by atoms with Gasteiger partial charge in [-0.05, 0) is 63.6 Å². The van der Waals surface area contributed by atoms with Crippen LogP contribution < -0.4 is 11.3 Å². The van der Waals surface area contributed by atoms with Gasteiger partial charge in [-0.3, -0.25) is 15.1 Å². The molecule has 4 rings (SSSR count).